The predicted molar refractivity (Wildman–Crippen MR) is 105 cm³/mol. The number of aromatic hydroxyl groups is 1. The monoisotopic (exact) mass is 360 g/mol. The van der Waals surface area contributed by atoms with E-state index in [9.17, 15) is 9.90 Å². The van der Waals surface area contributed by atoms with E-state index in [1.54, 1.807) is 12.1 Å². The fraction of sp³-hybridized carbons (Fsp3) is 0.650. The van der Waals surface area contributed by atoms with Crippen molar-refractivity contribution in [3.8, 4) is 5.75 Å². The van der Waals surface area contributed by atoms with E-state index in [1.165, 1.54) is 32.1 Å². The van der Waals surface area contributed by atoms with Crippen molar-refractivity contribution in [2.24, 2.45) is 5.11 Å². The molecule has 0 saturated heterocycles. The van der Waals surface area contributed by atoms with Gasteiger partial charge >= 0.3 is 0 Å². The second-order valence-corrected chi connectivity index (χ2v) is 6.65. The van der Waals surface area contributed by atoms with Gasteiger partial charge in [0.05, 0.1) is 0 Å². The number of unbranched alkanes of at least 4 members (excludes halogenated alkanes) is 8. The highest BCUT2D eigenvalue weighted by Crippen LogP contribution is 2.11. The van der Waals surface area contributed by atoms with Crippen LogP contribution in [0.25, 0.3) is 10.4 Å². The van der Waals surface area contributed by atoms with E-state index in [-0.39, 0.29) is 11.7 Å². The lowest BCUT2D eigenvalue weighted by molar-refractivity contribution is -0.121. The van der Waals surface area contributed by atoms with Gasteiger partial charge in [0, 0.05) is 24.4 Å². The van der Waals surface area contributed by atoms with Crippen LogP contribution in [0.5, 0.6) is 5.75 Å². The molecule has 0 aliphatic heterocycles. The lowest BCUT2D eigenvalue weighted by Gasteiger charge is -2.06. The molecular formula is C20H32N4O2. The number of hydrogen-bond donors (Lipinski definition) is 2. The molecule has 0 atom stereocenters. The average Bonchev–Trinajstić information content (AvgIpc) is 2.64. The predicted octanol–water partition coefficient (Wildman–Crippen LogP) is 5.26. The van der Waals surface area contributed by atoms with Gasteiger partial charge in [0.2, 0.25) is 5.91 Å². The summed E-state index contributed by atoms with van der Waals surface area (Å²) in [5, 5.41) is 15.7. The van der Waals surface area contributed by atoms with Gasteiger partial charge in [0.1, 0.15) is 5.75 Å². The van der Waals surface area contributed by atoms with Gasteiger partial charge in [-0.15, -0.1) is 0 Å². The minimum atomic E-state index is 0.129. The van der Waals surface area contributed by atoms with Crippen molar-refractivity contribution in [2.45, 2.75) is 70.6 Å². The van der Waals surface area contributed by atoms with Crippen LogP contribution in [0.4, 0.5) is 0 Å². The fourth-order valence-electron chi connectivity index (χ4n) is 2.85. The summed E-state index contributed by atoms with van der Waals surface area (Å²) in [7, 11) is 0. The van der Waals surface area contributed by atoms with Crippen LogP contribution in [0.2, 0.25) is 0 Å². The molecule has 1 rings (SSSR count). The molecule has 26 heavy (non-hydrogen) atoms. The summed E-state index contributed by atoms with van der Waals surface area (Å²) in [5.74, 6) is 0.395. The number of azide groups is 1. The van der Waals surface area contributed by atoms with Crippen molar-refractivity contribution >= 4 is 5.91 Å². The molecule has 1 aromatic carbocycles. The average molecular weight is 361 g/mol. The first-order valence-corrected chi connectivity index (χ1v) is 9.78. The van der Waals surface area contributed by atoms with Crippen LogP contribution in [0, 0.1) is 0 Å². The third kappa shape index (κ3) is 12.2. The molecule has 6 heteroatoms. The first-order chi connectivity index (χ1) is 12.7. The maximum atomic E-state index is 11.8. The minimum absolute atomic E-state index is 0.129. The van der Waals surface area contributed by atoms with Crippen molar-refractivity contribution in [3.05, 3.63) is 40.3 Å². The zero-order valence-electron chi connectivity index (χ0n) is 15.7. The molecule has 0 spiro atoms. The normalized spacial score (nSPS) is 10.3. The highest BCUT2D eigenvalue weighted by molar-refractivity contribution is 5.75. The number of phenols is 1. The largest absolute Gasteiger partial charge is 0.508 e. The Balaban J connectivity index is 1.86. The maximum Gasteiger partial charge on any atom is 0.220 e. The molecule has 0 unspecified atom stereocenters. The minimum Gasteiger partial charge on any atom is -0.508 e. The van der Waals surface area contributed by atoms with Gasteiger partial charge in [-0.2, -0.15) is 0 Å². The summed E-state index contributed by atoms with van der Waals surface area (Å²) in [6.45, 7) is 1.26. The van der Waals surface area contributed by atoms with Crippen molar-refractivity contribution in [2.75, 3.05) is 13.1 Å². The molecule has 0 aliphatic rings. The topological polar surface area (TPSA) is 98.1 Å². The number of carbonyl (C=O) groups excluding carboxylic acids is 1. The molecule has 0 bridgehead atoms. The third-order valence-electron chi connectivity index (χ3n) is 4.40. The molecule has 1 aromatic rings. The highest BCUT2D eigenvalue weighted by atomic mass is 16.3. The van der Waals surface area contributed by atoms with Crippen LogP contribution in [-0.2, 0) is 11.2 Å². The Hall–Kier alpha value is -2.20. The fourth-order valence-corrected chi connectivity index (χ4v) is 2.85. The lowest BCUT2D eigenvalue weighted by atomic mass is 10.1. The number of amides is 1. The van der Waals surface area contributed by atoms with Crippen LogP contribution >= 0.6 is 0 Å². The molecule has 144 valence electrons. The number of rotatable bonds is 15. The molecule has 0 radical (unpaired) electrons. The van der Waals surface area contributed by atoms with Crippen molar-refractivity contribution in [1.29, 1.82) is 0 Å². The Bertz CT molecular complexity index is 539. The molecule has 0 aromatic heterocycles. The van der Waals surface area contributed by atoms with Crippen LogP contribution in [0.3, 0.4) is 0 Å². The van der Waals surface area contributed by atoms with Crippen molar-refractivity contribution in [1.82, 2.24) is 5.32 Å². The van der Waals surface area contributed by atoms with E-state index in [0.29, 0.717) is 19.5 Å². The number of nitrogens with one attached hydrogen (secondary N) is 1. The number of hydrogen-bond acceptors (Lipinski definition) is 3. The van der Waals surface area contributed by atoms with Gasteiger partial charge in [-0.05, 0) is 42.5 Å². The molecule has 1 amide bonds. The van der Waals surface area contributed by atoms with Crippen LogP contribution < -0.4 is 5.32 Å². The van der Waals surface area contributed by atoms with Gasteiger partial charge in [0.25, 0.3) is 0 Å². The van der Waals surface area contributed by atoms with Gasteiger partial charge in [-0.1, -0.05) is 62.2 Å². The van der Waals surface area contributed by atoms with E-state index >= 15 is 0 Å². The van der Waals surface area contributed by atoms with E-state index in [2.05, 4.69) is 15.3 Å². The van der Waals surface area contributed by atoms with E-state index in [0.717, 1.165) is 37.7 Å². The first-order valence-electron chi connectivity index (χ1n) is 9.78. The number of carbonyl (C=O) groups is 1. The van der Waals surface area contributed by atoms with E-state index in [1.807, 2.05) is 12.1 Å². The molecule has 2 N–H and O–H groups in total. The van der Waals surface area contributed by atoms with Crippen molar-refractivity contribution < 1.29 is 9.90 Å². The van der Waals surface area contributed by atoms with Crippen LogP contribution in [0.15, 0.2) is 29.4 Å². The Kier molecular flexibility index (Phi) is 12.7. The summed E-state index contributed by atoms with van der Waals surface area (Å²) in [6.07, 6.45) is 11.7. The summed E-state index contributed by atoms with van der Waals surface area (Å²) in [5.41, 5.74) is 9.28. The molecule has 0 fully saturated rings. The number of nitrogens with zero attached hydrogens (tertiary/aromatic N) is 3. The second kappa shape index (κ2) is 15.1. The zero-order chi connectivity index (χ0) is 18.9. The van der Waals surface area contributed by atoms with Gasteiger partial charge in [-0.25, -0.2) is 0 Å². The summed E-state index contributed by atoms with van der Waals surface area (Å²) < 4.78 is 0. The quantitative estimate of drug-likeness (QED) is 0.193. The Labute approximate surface area is 156 Å². The summed E-state index contributed by atoms with van der Waals surface area (Å²) >= 11 is 0. The van der Waals surface area contributed by atoms with Crippen molar-refractivity contribution in [3.63, 3.8) is 0 Å². The number of phenolic OH excluding ortho intramolecular Hbond substituents is 1. The van der Waals surface area contributed by atoms with E-state index < -0.39 is 0 Å². The molecular weight excluding hydrogens is 328 g/mol. The summed E-state index contributed by atoms with van der Waals surface area (Å²) in [6, 6.07) is 7.09. The first kappa shape index (κ1) is 21.8. The van der Waals surface area contributed by atoms with Gasteiger partial charge < -0.3 is 10.4 Å². The smallest absolute Gasteiger partial charge is 0.220 e. The summed E-state index contributed by atoms with van der Waals surface area (Å²) in [4.78, 5) is 14.5. The highest BCUT2D eigenvalue weighted by Gasteiger charge is 2.01. The molecule has 0 saturated carbocycles. The lowest BCUT2D eigenvalue weighted by Crippen LogP contribution is -2.25. The second-order valence-electron chi connectivity index (χ2n) is 6.65. The van der Waals surface area contributed by atoms with Gasteiger partial charge in [-0.3, -0.25) is 4.79 Å². The number of benzene rings is 1. The molecule has 0 heterocycles. The van der Waals surface area contributed by atoms with Gasteiger partial charge in [0.15, 0.2) is 0 Å². The Morgan fingerprint density at radius 2 is 1.54 bits per heavy atom. The molecule has 6 nitrogen and oxygen atoms in total. The molecule has 0 aliphatic carbocycles. The maximum absolute atomic E-state index is 11.8. The van der Waals surface area contributed by atoms with Crippen LogP contribution in [0.1, 0.15) is 69.8 Å². The third-order valence-corrected chi connectivity index (χ3v) is 4.40. The van der Waals surface area contributed by atoms with Crippen LogP contribution in [-0.4, -0.2) is 24.1 Å². The zero-order valence-corrected chi connectivity index (χ0v) is 15.7. The van der Waals surface area contributed by atoms with E-state index in [4.69, 9.17) is 5.53 Å². The Morgan fingerprint density at radius 3 is 2.15 bits per heavy atom. The standard InChI is InChI=1S/C20H32N4O2/c21-24-23-16-9-7-5-3-1-2-4-6-8-10-20(26)22-17-15-18-11-13-19(25)14-12-18/h11-14,25H,1-10,15-17H2,(H,22,26). The SMILES string of the molecule is [N-]=[N+]=NCCCCCCCCCCCC(=O)NCCc1ccc(O)cc1. The Morgan fingerprint density at radius 1 is 0.962 bits per heavy atom.